The molecule has 1 aromatic rings. The van der Waals surface area contributed by atoms with E-state index in [0.717, 1.165) is 0 Å². The Morgan fingerprint density at radius 3 is 1.17 bits per heavy atom. The molecular weight excluding hydrogens is 398 g/mol. The molecule has 2 aliphatic rings. The van der Waals surface area contributed by atoms with Gasteiger partial charge < -0.3 is 0 Å². The molecule has 0 radical (unpaired) electrons. The van der Waals surface area contributed by atoms with Crippen LogP contribution in [0.25, 0.3) is 0 Å². The summed E-state index contributed by atoms with van der Waals surface area (Å²) in [5.41, 5.74) is 3.23. The zero-order chi connectivity index (χ0) is 22.2. The van der Waals surface area contributed by atoms with Gasteiger partial charge in [-0.15, -0.1) is 0 Å². The van der Waals surface area contributed by atoms with Crippen molar-refractivity contribution in [3.8, 4) is 0 Å². The second-order valence-corrected chi connectivity index (χ2v) is 19.8. The van der Waals surface area contributed by atoms with Gasteiger partial charge in [-0.1, -0.05) is 121 Å². The standard InChI is InChI=1S/C28H48P2/c1-25(2)16-9-10-17-26(3,4)29(25)21-23-14-13-15-24(20-23)22-30-27(5,6)18-11-12-19-28(30,7)8/h13-15,20H,9-12,16-19,21-22H2,1-8H3. The van der Waals surface area contributed by atoms with E-state index < -0.39 is 0 Å². The van der Waals surface area contributed by atoms with Crippen LogP contribution in [-0.2, 0) is 12.3 Å². The molecule has 2 heteroatoms. The van der Waals surface area contributed by atoms with Crippen molar-refractivity contribution in [2.45, 2.75) is 140 Å². The molecule has 0 bridgehead atoms. The van der Waals surface area contributed by atoms with E-state index >= 15 is 0 Å². The molecule has 2 heterocycles. The maximum absolute atomic E-state index is 2.61. The van der Waals surface area contributed by atoms with Crippen LogP contribution in [0.4, 0.5) is 0 Å². The lowest BCUT2D eigenvalue weighted by molar-refractivity contribution is 0.563. The first-order chi connectivity index (χ1) is 13.8. The van der Waals surface area contributed by atoms with E-state index in [2.05, 4.69) is 79.7 Å². The van der Waals surface area contributed by atoms with Crippen LogP contribution in [0.5, 0.6) is 0 Å². The summed E-state index contributed by atoms with van der Waals surface area (Å²) in [4.78, 5) is 0. The van der Waals surface area contributed by atoms with Gasteiger partial charge in [-0.3, -0.25) is 0 Å². The smallest absolute Gasteiger partial charge is 0.00634 e. The molecule has 2 fully saturated rings. The highest BCUT2D eigenvalue weighted by Crippen LogP contribution is 2.67. The van der Waals surface area contributed by atoms with E-state index in [1.54, 1.807) is 11.1 Å². The third kappa shape index (κ3) is 5.70. The summed E-state index contributed by atoms with van der Waals surface area (Å²) in [6, 6.07) is 9.84. The predicted octanol–water partition coefficient (Wildman–Crippen LogP) is 9.91. The van der Waals surface area contributed by atoms with Crippen molar-refractivity contribution in [1.29, 1.82) is 0 Å². The number of hydrogen-bond acceptors (Lipinski definition) is 0. The van der Waals surface area contributed by atoms with Gasteiger partial charge in [0.05, 0.1) is 0 Å². The van der Waals surface area contributed by atoms with Gasteiger partial charge in [0.2, 0.25) is 0 Å². The first-order valence-electron chi connectivity index (χ1n) is 12.5. The fraction of sp³-hybridized carbons (Fsp3) is 0.786. The van der Waals surface area contributed by atoms with Crippen molar-refractivity contribution in [3.05, 3.63) is 35.4 Å². The third-order valence-corrected chi connectivity index (χ3v) is 16.4. The van der Waals surface area contributed by atoms with Gasteiger partial charge in [-0.25, -0.2) is 0 Å². The van der Waals surface area contributed by atoms with Gasteiger partial charge in [-0.2, -0.15) is 0 Å². The maximum atomic E-state index is 2.61. The largest absolute Gasteiger partial charge is 0.0906 e. The SMILES string of the molecule is CC1(C)CCCCC(C)(C)P1Cc1cccc(CP2C(C)(C)CCCCC2(C)C)c1. The lowest BCUT2D eigenvalue weighted by atomic mass is 10.0. The topological polar surface area (TPSA) is 0 Å². The fourth-order valence-electron chi connectivity index (χ4n) is 6.46. The average molecular weight is 447 g/mol. The van der Waals surface area contributed by atoms with Crippen molar-refractivity contribution in [3.63, 3.8) is 0 Å². The molecule has 1 aromatic carbocycles. The Bertz CT molecular complexity index is 620. The summed E-state index contributed by atoms with van der Waals surface area (Å²) in [6.07, 6.45) is 14.0. The number of rotatable bonds is 4. The normalized spacial score (nSPS) is 26.7. The van der Waals surface area contributed by atoms with E-state index in [4.69, 9.17) is 0 Å². The molecule has 0 atom stereocenters. The molecule has 0 aromatic heterocycles. The second kappa shape index (κ2) is 9.14. The predicted molar refractivity (Wildman–Crippen MR) is 141 cm³/mol. The van der Waals surface area contributed by atoms with Crippen molar-refractivity contribution >= 4 is 15.8 Å². The van der Waals surface area contributed by atoms with Crippen molar-refractivity contribution in [2.24, 2.45) is 0 Å². The highest BCUT2D eigenvalue weighted by molar-refractivity contribution is 7.60. The average Bonchev–Trinajstić information content (AvgIpc) is 2.80. The highest BCUT2D eigenvalue weighted by atomic mass is 31.1. The molecule has 0 nitrogen and oxygen atoms in total. The van der Waals surface area contributed by atoms with Crippen LogP contribution in [-0.4, -0.2) is 20.6 Å². The molecule has 3 rings (SSSR count). The van der Waals surface area contributed by atoms with Crippen LogP contribution in [0.2, 0.25) is 0 Å². The third-order valence-electron chi connectivity index (χ3n) is 8.25. The Morgan fingerprint density at radius 1 is 0.567 bits per heavy atom. The molecule has 0 N–H and O–H groups in total. The van der Waals surface area contributed by atoms with Crippen LogP contribution < -0.4 is 0 Å². The summed E-state index contributed by atoms with van der Waals surface area (Å²) in [6.45, 7) is 20.5. The zero-order valence-corrected chi connectivity index (χ0v) is 23.1. The first-order valence-corrected chi connectivity index (χ1v) is 15.5. The lowest BCUT2D eigenvalue weighted by Crippen LogP contribution is -2.29. The molecule has 170 valence electrons. The minimum absolute atomic E-state index is 0.0299. The quantitative estimate of drug-likeness (QED) is 0.404. The van der Waals surface area contributed by atoms with Crippen LogP contribution in [0.3, 0.4) is 0 Å². The van der Waals surface area contributed by atoms with Gasteiger partial charge in [-0.05, 0) is 69.8 Å². The summed E-state index contributed by atoms with van der Waals surface area (Å²) >= 11 is 0. The summed E-state index contributed by atoms with van der Waals surface area (Å²) in [5.74, 6) is 0. The van der Waals surface area contributed by atoms with Crippen LogP contribution in [0, 0.1) is 0 Å². The van der Waals surface area contributed by atoms with Crippen LogP contribution in [0.15, 0.2) is 24.3 Å². The first kappa shape index (κ1) is 24.7. The molecule has 0 saturated carbocycles. The van der Waals surface area contributed by atoms with E-state index in [0.29, 0.717) is 20.6 Å². The van der Waals surface area contributed by atoms with Crippen LogP contribution >= 0.6 is 15.8 Å². The minimum Gasteiger partial charge on any atom is -0.0906 e. The molecule has 0 amide bonds. The Balaban J connectivity index is 1.83. The van der Waals surface area contributed by atoms with Crippen molar-refractivity contribution in [1.82, 2.24) is 0 Å². The molecular formula is C28H48P2. The fourth-order valence-corrected chi connectivity index (χ4v) is 14.3. The number of benzene rings is 1. The summed E-state index contributed by atoms with van der Waals surface area (Å²) in [5, 5.41) is 2.00. The van der Waals surface area contributed by atoms with Gasteiger partial charge >= 0.3 is 0 Å². The Morgan fingerprint density at radius 2 is 0.867 bits per heavy atom. The molecule has 0 spiro atoms. The summed E-state index contributed by atoms with van der Waals surface area (Å²) in [7, 11) is -0.0598. The second-order valence-electron chi connectivity index (χ2n) is 12.7. The summed E-state index contributed by atoms with van der Waals surface area (Å²) < 4.78 is 0. The Kier molecular flexibility index (Phi) is 7.53. The van der Waals surface area contributed by atoms with Crippen molar-refractivity contribution < 1.29 is 0 Å². The Hall–Kier alpha value is 0.0800. The lowest BCUT2D eigenvalue weighted by Gasteiger charge is -2.44. The maximum Gasteiger partial charge on any atom is -0.00634 e. The molecule has 2 saturated heterocycles. The van der Waals surface area contributed by atoms with E-state index in [-0.39, 0.29) is 15.8 Å². The van der Waals surface area contributed by atoms with Gasteiger partial charge in [0.1, 0.15) is 0 Å². The highest BCUT2D eigenvalue weighted by Gasteiger charge is 2.42. The van der Waals surface area contributed by atoms with E-state index in [1.165, 1.54) is 63.7 Å². The minimum atomic E-state index is -0.0299. The van der Waals surface area contributed by atoms with Gasteiger partial charge in [0.15, 0.2) is 0 Å². The van der Waals surface area contributed by atoms with Gasteiger partial charge in [0, 0.05) is 0 Å². The molecule has 2 aliphatic heterocycles. The number of hydrogen-bond donors (Lipinski definition) is 0. The van der Waals surface area contributed by atoms with E-state index in [9.17, 15) is 0 Å². The molecule has 0 unspecified atom stereocenters. The monoisotopic (exact) mass is 446 g/mol. The van der Waals surface area contributed by atoms with Crippen LogP contribution in [0.1, 0.15) is 118 Å². The molecule has 0 aliphatic carbocycles. The zero-order valence-electron chi connectivity index (χ0n) is 21.3. The van der Waals surface area contributed by atoms with Crippen molar-refractivity contribution in [2.75, 3.05) is 0 Å². The van der Waals surface area contributed by atoms with Gasteiger partial charge in [0.25, 0.3) is 0 Å². The molecule has 30 heavy (non-hydrogen) atoms. The van der Waals surface area contributed by atoms with E-state index in [1.807, 2.05) is 0 Å². The Labute approximate surface area is 190 Å².